The molecule has 1 aromatic heterocycles. The Morgan fingerprint density at radius 3 is 2.48 bits per heavy atom. The maximum Gasteiger partial charge on any atom is 0.410 e. The molecule has 0 spiro atoms. The lowest BCUT2D eigenvalue weighted by Gasteiger charge is -2.33. The van der Waals surface area contributed by atoms with Crippen LogP contribution in [-0.4, -0.2) is 35.2 Å². The average molecular weight is 340 g/mol. The number of hydrogen-bond acceptors (Lipinski definition) is 4. The molecular formula is C20H24N2O3. The third-order valence-electron chi connectivity index (χ3n) is 4.23. The molecule has 0 radical (unpaired) electrons. The standard InChI is InChI=1S/C20H24N2O3/c1-20(2,3)25-19(23)22-12-9-16-17(13-22)15(5-6-18(16)24-4)14-7-10-21-11-8-14/h5-8,10-11H,9,12-13H2,1-4H3. The van der Waals surface area contributed by atoms with Gasteiger partial charge in [-0.15, -0.1) is 0 Å². The highest BCUT2D eigenvalue weighted by Crippen LogP contribution is 2.36. The van der Waals surface area contributed by atoms with Crippen molar-refractivity contribution in [2.75, 3.05) is 13.7 Å². The van der Waals surface area contributed by atoms with Crippen molar-refractivity contribution in [3.8, 4) is 16.9 Å². The van der Waals surface area contributed by atoms with Crippen LogP contribution in [-0.2, 0) is 17.7 Å². The lowest BCUT2D eigenvalue weighted by Crippen LogP contribution is -2.40. The monoisotopic (exact) mass is 340 g/mol. The predicted octanol–water partition coefficient (Wildman–Crippen LogP) is 4.05. The minimum Gasteiger partial charge on any atom is -0.496 e. The molecule has 0 saturated carbocycles. The Kier molecular flexibility index (Phi) is 4.66. The summed E-state index contributed by atoms with van der Waals surface area (Å²) in [7, 11) is 1.68. The van der Waals surface area contributed by atoms with Crippen molar-refractivity contribution in [3.63, 3.8) is 0 Å². The summed E-state index contributed by atoms with van der Waals surface area (Å²) in [6.45, 7) is 6.79. The van der Waals surface area contributed by atoms with Crippen LogP contribution in [0.15, 0.2) is 36.7 Å². The van der Waals surface area contributed by atoms with E-state index >= 15 is 0 Å². The molecule has 5 heteroatoms. The van der Waals surface area contributed by atoms with Crippen LogP contribution >= 0.6 is 0 Å². The minimum absolute atomic E-state index is 0.276. The number of ether oxygens (including phenoxy) is 2. The van der Waals surface area contributed by atoms with Gasteiger partial charge in [0, 0.05) is 24.5 Å². The van der Waals surface area contributed by atoms with E-state index in [4.69, 9.17) is 9.47 Å². The van der Waals surface area contributed by atoms with Gasteiger partial charge in [0.05, 0.1) is 13.7 Å². The third kappa shape index (κ3) is 3.76. The van der Waals surface area contributed by atoms with Gasteiger partial charge in [-0.05, 0) is 62.1 Å². The van der Waals surface area contributed by atoms with Crippen LogP contribution in [0.2, 0.25) is 0 Å². The van der Waals surface area contributed by atoms with E-state index in [-0.39, 0.29) is 6.09 Å². The number of rotatable bonds is 2. The molecule has 0 aliphatic carbocycles. The molecule has 0 N–H and O–H groups in total. The number of fused-ring (bicyclic) bond motifs is 1. The van der Waals surface area contributed by atoms with Gasteiger partial charge in [0.15, 0.2) is 0 Å². The van der Waals surface area contributed by atoms with Crippen LogP contribution in [0, 0.1) is 0 Å². The quantitative estimate of drug-likeness (QED) is 0.827. The van der Waals surface area contributed by atoms with Crippen LogP contribution in [0.25, 0.3) is 11.1 Å². The Hall–Kier alpha value is -2.56. The van der Waals surface area contributed by atoms with Gasteiger partial charge in [0.25, 0.3) is 0 Å². The summed E-state index contributed by atoms with van der Waals surface area (Å²) in [5.74, 6) is 0.872. The van der Waals surface area contributed by atoms with E-state index in [1.807, 2.05) is 45.0 Å². The molecule has 5 nitrogen and oxygen atoms in total. The third-order valence-corrected chi connectivity index (χ3v) is 4.23. The van der Waals surface area contributed by atoms with Gasteiger partial charge in [-0.2, -0.15) is 0 Å². The largest absolute Gasteiger partial charge is 0.496 e. The molecule has 2 aromatic rings. The van der Waals surface area contributed by atoms with Crippen LogP contribution in [0.4, 0.5) is 4.79 Å². The van der Waals surface area contributed by atoms with Gasteiger partial charge < -0.3 is 14.4 Å². The van der Waals surface area contributed by atoms with E-state index in [1.165, 1.54) is 0 Å². The van der Waals surface area contributed by atoms with E-state index < -0.39 is 5.60 Å². The minimum atomic E-state index is -0.500. The van der Waals surface area contributed by atoms with Crippen molar-refractivity contribution in [2.45, 2.75) is 39.3 Å². The van der Waals surface area contributed by atoms with Crippen LogP contribution in [0.3, 0.4) is 0 Å². The zero-order valence-electron chi connectivity index (χ0n) is 15.2. The first-order chi connectivity index (χ1) is 11.9. The topological polar surface area (TPSA) is 51.7 Å². The average Bonchev–Trinajstić information content (AvgIpc) is 2.59. The van der Waals surface area contributed by atoms with E-state index in [0.717, 1.165) is 34.4 Å². The number of pyridine rings is 1. The molecule has 132 valence electrons. The fourth-order valence-corrected chi connectivity index (χ4v) is 3.12. The maximum absolute atomic E-state index is 12.5. The lowest BCUT2D eigenvalue weighted by molar-refractivity contribution is 0.0223. The van der Waals surface area contributed by atoms with E-state index in [2.05, 4.69) is 4.98 Å². The summed E-state index contributed by atoms with van der Waals surface area (Å²) in [5.41, 5.74) is 3.96. The molecule has 1 aliphatic heterocycles. The maximum atomic E-state index is 12.5. The molecule has 1 aliphatic rings. The zero-order valence-corrected chi connectivity index (χ0v) is 15.2. The van der Waals surface area contributed by atoms with E-state index in [9.17, 15) is 4.79 Å². The molecule has 0 unspecified atom stereocenters. The zero-order chi connectivity index (χ0) is 18.0. The number of nitrogens with zero attached hydrogens (tertiary/aromatic N) is 2. The van der Waals surface area contributed by atoms with Crippen molar-refractivity contribution in [3.05, 3.63) is 47.8 Å². The number of carbonyl (C=O) groups is 1. The first-order valence-electron chi connectivity index (χ1n) is 8.46. The summed E-state index contributed by atoms with van der Waals surface area (Å²) in [6, 6.07) is 8.01. The molecule has 0 saturated heterocycles. The SMILES string of the molecule is COc1ccc(-c2ccncc2)c2c1CCN(C(=O)OC(C)(C)C)C2. The second kappa shape index (κ2) is 6.75. The molecular weight excluding hydrogens is 316 g/mol. The first-order valence-corrected chi connectivity index (χ1v) is 8.46. The highest BCUT2D eigenvalue weighted by atomic mass is 16.6. The highest BCUT2D eigenvalue weighted by Gasteiger charge is 2.28. The van der Waals surface area contributed by atoms with Crippen LogP contribution < -0.4 is 4.74 Å². The molecule has 0 fully saturated rings. The van der Waals surface area contributed by atoms with Crippen LogP contribution in [0.1, 0.15) is 31.9 Å². The van der Waals surface area contributed by atoms with Gasteiger partial charge in [-0.1, -0.05) is 6.07 Å². The summed E-state index contributed by atoms with van der Waals surface area (Å²) < 4.78 is 11.1. The molecule has 3 rings (SSSR count). The van der Waals surface area contributed by atoms with Crippen molar-refractivity contribution >= 4 is 6.09 Å². The van der Waals surface area contributed by atoms with Gasteiger partial charge in [-0.25, -0.2) is 4.79 Å². The van der Waals surface area contributed by atoms with Crippen LogP contribution in [0.5, 0.6) is 5.75 Å². The normalized spacial score (nSPS) is 14.0. The fourth-order valence-electron chi connectivity index (χ4n) is 3.12. The molecule has 1 amide bonds. The Bertz CT molecular complexity index is 767. The lowest BCUT2D eigenvalue weighted by atomic mass is 9.91. The Morgan fingerprint density at radius 1 is 1.12 bits per heavy atom. The van der Waals surface area contributed by atoms with Gasteiger partial charge >= 0.3 is 6.09 Å². The van der Waals surface area contributed by atoms with Gasteiger partial charge in [0.2, 0.25) is 0 Å². The number of methoxy groups -OCH3 is 1. The number of hydrogen-bond donors (Lipinski definition) is 0. The molecule has 0 bridgehead atoms. The molecule has 1 aromatic carbocycles. The summed E-state index contributed by atoms with van der Waals surface area (Å²) in [6.07, 6.45) is 4.03. The Morgan fingerprint density at radius 2 is 1.84 bits per heavy atom. The summed E-state index contributed by atoms with van der Waals surface area (Å²) in [5, 5.41) is 0. The number of aromatic nitrogens is 1. The predicted molar refractivity (Wildman–Crippen MR) is 96.6 cm³/mol. The Labute approximate surface area is 148 Å². The second-order valence-electron chi connectivity index (χ2n) is 7.16. The number of carbonyl (C=O) groups excluding carboxylic acids is 1. The van der Waals surface area contributed by atoms with Crippen molar-refractivity contribution in [1.82, 2.24) is 9.88 Å². The van der Waals surface area contributed by atoms with E-state index in [1.54, 1.807) is 24.4 Å². The molecule has 2 heterocycles. The van der Waals surface area contributed by atoms with Crippen molar-refractivity contribution in [2.24, 2.45) is 0 Å². The van der Waals surface area contributed by atoms with Gasteiger partial charge in [0.1, 0.15) is 11.4 Å². The summed E-state index contributed by atoms with van der Waals surface area (Å²) in [4.78, 5) is 18.3. The number of benzene rings is 1. The first kappa shape index (κ1) is 17.3. The summed E-state index contributed by atoms with van der Waals surface area (Å²) >= 11 is 0. The molecule has 25 heavy (non-hydrogen) atoms. The van der Waals surface area contributed by atoms with E-state index in [0.29, 0.717) is 13.1 Å². The highest BCUT2D eigenvalue weighted by molar-refractivity contribution is 5.74. The van der Waals surface area contributed by atoms with Crippen molar-refractivity contribution < 1.29 is 14.3 Å². The second-order valence-corrected chi connectivity index (χ2v) is 7.16. The van der Waals surface area contributed by atoms with Crippen molar-refractivity contribution in [1.29, 1.82) is 0 Å². The number of amides is 1. The Balaban J connectivity index is 1.97. The molecule has 0 atom stereocenters. The smallest absolute Gasteiger partial charge is 0.410 e. The fraction of sp³-hybridized carbons (Fsp3) is 0.400. The van der Waals surface area contributed by atoms with Gasteiger partial charge in [-0.3, -0.25) is 4.98 Å².